The van der Waals surface area contributed by atoms with Crippen molar-refractivity contribution in [1.82, 2.24) is 4.90 Å². The van der Waals surface area contributed by atoms with E-state index in [4.69, 9.17) is 10.5 Å². The van der Waals surface area contributed by atoms with Crippen LogP contribution < -0.4 is 5.73 Å². The van der Waals surface area contributed by atoms with Gasteiger partial charge in [-0.15, -0.1) is 0 Å². The van der Waals surface area contributed by atoms with Crippen LogP contribution in [-0.4, -0.2) is 42.6 Å². The Labute approximate surface area is 97.1 Å². The highest BCUT2D eigenvalue weighted by Crippen LogP contribution is 2.20. The molecule has 0 spiro atoms. The Morgan fingerprint density at radius 3 is 2.69 bits per heavy atom. The first-order chi connectivity index (χ1) is 7.75. The van der Waals surface area contributed by atoms with Gasteiger partial charge in [-0.3, -0.25) is 4.79 Å². The molecule has 0 aromatic heterocycles. The Hall–Kier alpha value is -0.610. The topological polar surface area (TPSA) is 55.6 Å². The van der Waals surface area contributed by atoms with E-state index in [1.54, 1.807) is 0 Å². The molecular weight excluding hydrogens is 204 g/mol. The molecule has 0 aromatic carbocycles. The fourth-order valence-corrected chi connectivity index (χ4v) is 2.58. The molecule has 2 N–H and O–H groups in total. The Morgan fingerprint density at radius 2 is 2.00 bits per heavy atom. The summed E-state index contributed by atoms with van der Waals surface area (Å²) in [6.45, 7) is 2.07. The lowest BCUT2D eigenvalue weighted by molar-refractivity contribution is -0.137. The van der Waals surface area contributed by atoms with Crippen molar-refractivity contribution in [2.75, 3.05) is 19.7 Å². The molecule has 2 fully saturated rings. The molecule has 4 nitrogen and oxygen atoms in total. The van der Waals surface area contributed by atoms with Gasteiger partial charge >= 0.3 is 0 Å². The molecule has 2 unspecified atom stereocenters. The normalized spacial score (nSPS) is 30.7. The summed E-state index contributed by atoms with van der Waals surface area (Å²) in [6.07, 6.45) is 6.67. The number of carbonyl (C=O) groups excluding carboxylic acids is 1. The molecule has 1 aliphatic carbocycles. The van der Waals surface area contributed by atoms with Crippen molar-refractivity contribution in [2.24, 2.45) is 5.73 Å². The Bertz CT molecular complexity index is 239. The largest absolute Gasteiger partial charge is 0.368 e. The van der Waals surface area contributed by atoms with Gasteiger partial charge in [-0.25, -0.2) is 0 Å². The minimum atomic E-state index is 0.150. The number of nitrogens with two attached hydrogens (primary N) is 1. The molecule has 2 aliphatic rings. The second-order valence-corrected chi connectivity index (χ2v) is 4.95. The summed E-state index contributed by atoms with van der Waals surface area (Å²) in [4.78, 5) is 13.6. The number of carbonyl (C=O) groups is 1. The van der Waals surface area contributed by atoms with Crippen molar-refractivity contribution >= 4 is 5.91 Å². The quantitative estimate of drug-likeness (QED) is 0.777. The lowest BCUT2D eigenvalue weighted by Gasteiger charge is -2.27. The summed E-state index contributed by atoms with van der Waals surface area (Å²) >= 11 is 0. The van der Waals surface area contributed by atoms with Crippen LogP contribution >= 0.6 is 0 Å². The van der Waals surface area contributed by atoms with Gasteiger partial charge in [0.15, 0.2) is 0 Å². The summed E-state index contributed by atoms with van der Waals surface area (Å²) in [6, 6.07) is 0.264. The maximum Gasteiger partial charge on any atom is 0.248 e. The molecule has 1 heterocycles. The summed E-state index contributed by atoms with van der Waals surface area (Å²) in [5.41, 5.74) is 5.88. The molecule has 92 valence electrons. The molecule has 16 heavy (non-hydrogen) atoms. The first-order valence-corrected chi connectivity index (χ1v) is 6.40. The Balaban J connectivity index is 1.67. The SMILES string of the molecule is NC1CCCC(OCC(=O)N2CCCC2)C1. The molecule has 0 radical (unpaired) electrons. The maximum absolute atomic E-state index is 11.7. The zero-order valence-electron chi connectivity index (χ0n) is 9.86. The van der Waals surface area contributed by atoms with E-state index in [1.165, 1.54) is 0 Å². The minimum Gasteiger partial charge on any atom is -0.368 e. The first kappa shape index (κ1) is 11.9. The second kappa shape index (κ2) is 5.64. The summed E-state index contributed by atoms with van der Waals surface area (Å²) in [7, 11) is 0. The zero-order chi connectivity index (χ0) is 11.4. The van der Waals surface area contributed by atoms with Crippen LogP contribution in [0.15, 0.2) is 0 Å². The van der Waals surface area contributed by atoms with Gasteiger partial charge in [0.2, 0.25) is 5.91 Å². The average Bonchev–Trinajstić information content (AvgIpc) is 2.79. The van der Waals surface area contributed by atoms with Crippen LogP contribution in [0.2, 0.25) is 0 Å². The van der Waals surface area contributed by atoms with E-state index in [1.807, 2.05) is 4.90 Å². The van der Waals surface area contributed by atoms with Crippen molar-refractivity contribution in [2.45, 2.75) is 50.7 Å². The van der Waals surface area contributed by atoms with Crippen LogP contribution in [0.1, 0.15) is 38.5 Å². The van der Waals surface area contributed by atoms with Gasteiger partial charge in [-0.05, 0) is 38.5 Å². The van der Waals surface area contributed by atoms with E-state index in [0.29, 0.717) is 0 Å². The number of ether oxygens (including phenoxy) is 1. The number of amides is 1. The van der Waals surface area contributed by atoms with Crippen molar-refractivity contribution in [1.29, 1.82) is 0 Å². The molecule has 4 heteroatoms. The third-order valence-corrected chi connectivity index (χ3v) is 3.57. The van der Waals surface area contributed by atoms with Crippen molar-refractivity contribution in [3.05, 3.63) is 0 Å². The highest BCUT2D eigenvalue weighted by molar-refractivity contribution is 5.77. The van der Waals surface area contributed by atoms with E-state index in [2.05, 4.69) is 0 Å². The molecule has 0 aromatic rings. The predicted octanol–water partition coefficient (Wildman–Crippen LogP) is 0.895. The average molecular weight is 226 g/mol. The van der Waals surface area contributed by atoms with E-state index in [-0.39, 0.29) is 24.7 Å². The highest BCUT2D eigenvalue weighted by atomic mass is 16.5. The van der Waals surface area contributed by atoms with Crippen LogP contribution in [0.5, 0.6) is 0 Å². The monoisotopic (exact) mass is 226 g/mol. The molecule has 1 amide bonds. The molecular formula is C12H22N2O2. The van der Waals surface area contributed by atoms with Gasteiger partial charge in [0.1, 0.15) is 6.61 Å². The number of likely N-dealkylation sites (tertiary alicyclic amines) is 1. The summed E-state index contributed by atoms with van der Waals surface area (Å²) in [5, 5.41) is 0. The predicted molar refractivity (Wildman–Crippen MR) is 62.0 cm³/mol. The van der Waals surface area contributed by atoms with Crippen LogP contribution in [-0.2, 0) is 9.53 Å². The number of hydrogen-bond donors (Lipinski definition) is 1. The van der Waals surface area contributed by atoms with Crippen LogP contribution in [0.25, 0.3) is 0 Å². The highest BCUT2D eigenvalue weighted by Gasteiger charge is 2.23. The molecule has 1 saturated carbocycles. The van der Waals surface area contributed by atoms with E-state index in [0.717, 1.165) is 51.6 Å². The molecule has 2 atom stereocenters. The summed E-state index contributed by atoms with van der Waals surface area (Å²) < 4.78 is 5.66. The number of nitrogens with zero attached hydrogens (tertiary/aromatic N) is 1. The van der Waals surface area contributed by atoms with Gasteiger partial charge in [0, 0.05) is 19.1 Å². The van der Waals surface area contributed by atoms with Crippen molar-refractivity contribution in [3.63, 3.8) is 0 Å². The summed E-state index contributed by atoms with van der Waals surface area (Å²) in [5.74, 6) is 0.150. The lowest BCUT2D eigenvalue weighted by Crippen LogP contribution is -2.36. The molecule has 2 rings (SSSR count). The zero-order valence-corrected chi connectivity index (χ0v) is 9.86. The van der Waals surface area contributed by atoms with Gasteiger partial charge in [0.25, 0.3) is 0 Å². The van der Waals surface area contributed by atoms with Crippen LogP contribution in [0, 0.1) is 0 Å². The van der Waals surface area contributed by atoms with Gasteiger partial charge in [-0.2, -0.15) is 0 Å². The second-order valence-electron chi connectivity index (χ2n) is 4.95. The fourth-order valence-electron chi connectivity index (χ4n) is 2.58. The van der Waals surface area contributed by atoms with Crippen LogP contribution in [0.4, 0.5) is 0 Å². The molecule has 1 aliphatic heterocycles. The molecule has 0 bridgehead atoms. The Kier molecular flexibility index (Phi) is 4.18. The standard InChI is InChI=1S/C12H22N2O2/c13-10-4-3-5-11(8-10)16-9-12(15)14-6-1-2-7-14/h10-11H,1-9,13H2. The molecule has 1 saturated heterocycles. The number of hydrogen-bond acceptors (Lipinski definition) is 3. The maximum atomic E-state index is 11.7. The third kappa shape index (κ3) is 3.19. The smallest absolute Gasteiger partial charge is 0.248 e. The number of rotatable bonds is 3. The van der Waals surface area contributed by atoms with Crippen molar-refractivity contribution in [3.8, 4) is 0 Å². The van der Waals surface area contributed by atoms with Crippen molar-refractivity contribution < 1.29 is 9.53 Å². The van der Waals surface area contributed by atoms with E-state index < -0.39 is 0 Å². The lowest BCUT2D eigenvalue weighted by atomic mass is 9.94. The minimum absolute atomic E-state index is 0.150. The third-order valence-electron chi connectivity index (χ3n) is 3.57. The van der Waals surface area contributed by atoms with Gasteiger partial charge in [-0.1, -0.05) is 0 Å². The fraction of sp³-hybridized carbons (Fsp3) is 0.917. The van der Waals surface area contributed by atoms with Gasteiger partial charge in [0.05, 0.1) is 6.10 Å². The van der Waals surface area contributed by atoms with Gasteiger partial charge < -0.3 is 15.4 Å². The van der Waals surface area contributed by atoms with Crippen LogP contribution in [0.3, 0.4) is 0 Å². The Morgan fingerprint density at radius 1 is 1.25 bits per heavy atom. The van der Waals surface area contributed by atoms with E-state index >= 15 is 0 Å². The van der Waals surface area contributed by atoms with E-state index in [9.17, 15) is 4.79 Å². The first-order valence-electron chi connectivity index (χ1n) is 6.40.